The van der Waals surface area contributed by atoms with Crippen molar-refractivity contribution in [2.75, 3.05) is 13.2 Å². The van der Waals surface area contributed by atoms with Crippen LogP contribution in [0.25, 0.3) is 10.8 Å². The zero-order chi connectivity index (χ0) is 25.3. The Kier molecular flexibility index (Phi) is 8.74. The standard InChI is InChI=1S/C30H29BrN2O3/c1-2-32-30(35)26(19-22-11-5-3-6-12-22)33(20-23-13-7-4-8-14-23)28(34)21-36-27-18-17-24-15-9-10-16-25(24)29(27)31/h3-18,26H,2,19-21H2,1H3,(H,32,35)/t26-/m1/s1. The van der Waals surface area contributed by atoms with Crippen LogP contribution in [-0.4, -0.2) is 35.9 Å². The number of nitrogens with one attached hydrogen (secondary N) is 1. The Bertz CT molecular complexity index is 1310. The molecule has 0 aromatic heterocycles. The lowest BCUT2D eigenvalue weighted by Crippen LogP contribution is -2.51. The molecule has 0 radical (unpaired) electrons. The lowest BCUT2D eigenvalue weighted by atomic mass is 10.0. The van der Waals surface area contributed by atoms with E-state index in [1.165, 1.54) is 0 Å². The molecule has 0 aliphatic carbocycles. The molecular weight excluding hydrogens is 516 g/mol. The molecule has 4 aromatic carbocycles. The van der Waals surface area contributed by atoms with Gasteiger partial charge in [0.15, 0.2) is 6.61 Å². The minimum Gasteiger partial charge on any atom is -0.483 e. The third-order valence-corrected chi connectivity index (χ3v) is 6.81. The highest BCUT2D eigenvalue weighted by molar-refractivity contribution is 9.10. The van der Waals surface area contributed by atoms with Crippen molar-refractivity contribution >= 4 is 38.5 Å². The van der Waals surface area contributed by atoms with Crippen molar-refractivity contribution in [2.45, 2.75) is 25.9 Å². The number of hydrogen-bond acceptors (Lipinski definition) is 3. The van der Waals surface area contributed by atoms with E-state index >= 15 is 0 Å². The van der Waals surface area contributed by atoms with Crippen molar-refractivity contribution in [3.8, 4) is 5.75 Å². The number of hydrogen-bond donors (Lipinski definition) is 1. The van der Waals surface area contributed by atoms with Crippen LogP contribution in [0.15, 0.2) is 102 Å². The number of halogens is 1. The number of carbonyl (C=O) groups is 2. The van der Waals surface area contributed by atoms with E-state index < -0.39 is 6.04 Å². The fourth-order valence-corrected chi connectivity index (χ4v) is 4.78. The van der Waals surface area contributed by atoms with Crippen LogP contribution in [0, 0.1) is 0 Å². The summed E-state index contributed by atoms with van der Waals surface area (Å²) in [5.74, 6) is 0.142. The second-order valence-electron chi connectivity index (χ2n) is 8.49. The molecule has 0 heterocycles. The molecule has 2 amide bonds. The highest BCUT2D eigenvalue weighted by atomic mass is 79.9. The van der Waals surface area contributed by atoms with Gasteiger partial charge < -0.3 is 15.0 Å². The average Bonchev–Trinajstić information content (AvgIpc) is 2.91. The van der Waals surface area contributed by atoms with Gasteiger partial charge in [-0.3, -0.25) is 9.59 Å². The van der Waals surface area contributed by atoms with Crippen LogP contribution in [0.2, 0.25) is 0 Å². The number of ether oxygens (including phenoxy) is 1. The lowest BCUT2D eigenvalue weighted by Gasteiger charge is -2.31. The van der Waals surface area contributed by atoms with Gasteiger partial charge >= 0.3 is 0 Å². The normalized spacial score (nSPS) is 11.6. The zero-order valence-electron chi connectivity index (χ0n) is 20.2. The first-order valence-electron chi connectivity index (χ1n) is 12.0. The largest absolute Gasteiger partial charge is 0.483 e. The van der Waals surface area contributed by atoms with E-state index in [9.17, 15) is 9.59 Å². The zero-order valence-corrected chi connectivity index (χ0v) is 21.8. The average molecular weight is 545 g/mol. The molecule has 4 aromatic rings. The lowest BCUT2D eigenvalue weighted by molar-refractivity contribution is -0.142. The van der Waals surface area contributed by atoms with Crippen molar-refractivity contribution in [1.29, 1.82) is 0 Å². The predicted molar refractivity (Wildman–Crippen MR) is 147 cm³/mol. The van der Waals surface area contributed by atoms with Crippen LogP contribution in [0.1, 0.15) is 18.1 Å². The van der Waals surface area contributed by atoms with Gasteiger partial charge in [-0.25, -0.2) is 0 Å². The molecule has 0 bridgehead atoms. The summed E-state index contributed by atoms with van der Waals surface area (Å²) in [5, 5.41) is 4.99. The molecule has 0 aliphatic heterocycles. The number of benzene rings is 4. The number of fused-ring (bicyclic) bond motifs is 1. The molecule has 36 heavy (non-hydrogen) atoms. The van der Waals surface area contributed by atoms with Crippen LogP contribution in [0.3, 0.4) is 0 Å². The van der Waals surface area contributed by atoms with Crippen molar-refractivity contribution in [3.63, 3.8) is 0 Å². The molecule has 0 fully saturated rings. The minimum atomic E-state index is -0.677. The summed E-state index contributed by atoms with van der Waals surface area (Å²) in [5.41, 5.74) is 1.93. The van der Waals surface area contributed by atoms with E-state index in [4.69, 9.17) is 4.74 Å². The third kappa shape index (κ3) is 6.32. The topological polar surface area (TPSA) is 58.6 Å². The summed E-state index contributed by atoms with van der Waals surface area (Å²) in [6.07, 6.45) is 0.408. The van der Waals surface area contributed by atoms with E-state index in [0.717, 1.165) is 26.4 Å². The third-order valence-electron chi connectivity index (χ3n) is 6.00. The predicted octanol–water partition coefficient (Wildman–Crippen LogP) is 5.76. The number of rotatable bonds is 10. The molecule has 0 saturated heterocycles. The quantitative estimate of drug-likeness (QED) is 0.276. The molecule has 184 valence electrons. The summed E-state index contributed by atoms with van der Waals surface area (Å²) in [6, 6.07) is 30.6. The van der Waals surface area contributed by atoms with Crippen LogP contribution < -0.4 is 10.1 Å². The first-order valence-corrected chi connectivity index (χ1v) is 12.8. The van der Waals surface area contributed by atoms with E-state index in [1.807, 2.05) is 104 Å². The number of likely N-dealkylation sites (N-methyl/N-ethyl adjacent to an activating group) is 1. The number of amides is 2. The van der Waals surface area contributed by atoms with Crippen LogP contribution in [0.4, 0.5) is 0 Å². The first-order chi connectivity index (χ1) is 17.6. The summed E-state index contributed by atoms with van der Waals surface area (Å²) in [6.45, 7) is 2.48. The molecule has 1 atom stereocenters. The van der Waals surface area contributed by atoms with Gasteiger partial charge in [0, 0.05) is 19.5 Å². The van der Waals surface area contributed by atoms with Gasteiger partial charge in [0.05, 0.1) is 4.47 Å². The van der Waals surface area contributed by atoms with E-state index in [-0.39, 0.29) is 18.4 Å². The molecule has 0 saturated carbocycles. The van der Waals surface area contributed by atoms with E-state index in [2.05, 4.69) is 21.2 Å². The van der Waals surface area contributed by atoms with Gasteiger partial charge in [0.1, 0.15) is 11.8 Å². The van der Waals surface area contributed by atoms with Gasteiger partial charge in [-0.15, -0.1) is 0 Å². The maximum absolute atomic E-state index is 13.6. The smallest absolute Gasteiger partial charge is 0.261 e. The second-order valence-corrected chi connectivity index (χ2v) is 9.29. The van der Waals surface area contributed by atoms with Crippen molar-refractivity contribution in [3.05, 3.63) is 113 Å². The van der Waals surface area contributed by atoms with Crippen molar-refractivity contribution in [2.24, 2.45) is 0 Å². The SMILES string of the molecule is CCNC(=O)[C@@H](Cc1ccccc1)N(Cc1ccccc1)C(=O)COc1ccc2ccccc2c1Br. The first kappa shape index (κ1) is 25.5. The van der Waals surface area contributed by atoms with Crippen LogP contribution >= 0.6 is 15.9 Å². The monoisotopic (exact) mass is 544 g/mol. The molecular formula is C30H29BrN2O3. The van der Waals surface area contributed by atoms with Gasteiger partial charge in [-0.2, -0.15) is 0 Å². The van der Waals surface area contributed by atoms with Gasteiger partial charge in [-0.05, 0) is 50.8 Å². The van der Waals surface area contributed by atoms with Crippen LogP contribution in [0.5, 0.6) is 5.75 Å². The molecule has 5 nitrogen and oxygen atoms in total. The maximum atomic E-state index is 13.6. The van der Waals surface area contributed by atoms with Gasteiger partial charge in [0.25, 0.3) is 5.91 Å². The summed E-state index contributed by atoms with van der Waals surface area (Å²) >= 11 is 3.63. The van der Waals surface area contributed by atoms with Crippen molar-refractivity contribution in [1.82, 2.24) is 10.2 Å². The maximum Gasteiger partial charge on any atom is 0.261 e. The molecule has 1 N–H and O–H groups in total. The number of nitrogens with zero attached hydrogens (tertiary/aromatic N) is 1. The van der Waals surface area contributed by atoms with Gasteiger partial charge in [-0.1, -0.05) is 91.0 Å². The summed E-state index contributed by atoms with van der Waals surface area (Å²) in [4.78, 5) is 28.5. The van der Waals surface area contributed by atoms with Gasteiger partial charge in [0.2, 0.25) is 5.91 Å². The Morgan fingerprint density at radius 3 is 2.19 bits per heavy atom. The minimum absolute atomic E-state index is 0.183. The Hall–Kier alpha value is -3.64. The molecule has 0 aliphatic rings. The van der Waals surface area contributed by atoms with E-state index in [0.29, 0.717) is 25.3 Å². The van der Waals surface area contributed by atoms with Crippen molar-refractivity contribution < 1.29 is 14.3 Å². The molecule has 6 heteroatoms. The second kappa shape index (κ2) is 12.4. The Balaban J connectivity index is 1.61. The molecule has 0 spiro atoms. The highest BCUT2D eigenvalue weighted by Gasteiger charge is 2.30. The molecule has 0 unspecified atom stereocenters. The number of carbonyl (C=O) groups excluding carboxylic acids is 2. The summed E-state index contributed by atoms with van der Waals surface area (Å²) < 4.78 is 6.79. The van der Waals surface area contributed by atoms with Crippen LogP contribution in [-0.2, 0) is 22.6 Å². The Morgan fingerprint density at radius 1 is 0.861 bits per heavy atom. The Labute approximate surface area is 220 Å². The Morgan fingerprint density at radius 2 is 1.50 bits per heavy atom. The fraction of sp³-hybridized carbons (Fsp3) is 0.200. The fourth-order valence-electron chi connectivity index (χ4n) is 4.17. The van der Waals surface area contributed by atoms with E-state index in [1.54, 1.807) is 4.90 Å². The molecule has 4 rings (SSSR count). The highest BCUT2D eigenvalue weighted by Crippen LogP contribution is 2.33. The summed E-state index contributed by atoms with van der Waals surface area (Å²) in [7, 11) is 0.